The van der Waals surface area contributed by atoms with E-state index in [0.717, 1.165) is 5.56 Å². The molecule has 2 amide bonds. The van der Waals surface area contributed by atoms with E-state index < -0.39 is 5.91 Å². The lowest BCUT2D eigenvalue weighted by molar-refractivity contribution is -0.120. The van der Waals surface area contributed by atoms with Crippen LogP contribution in [0, 0.1) is 0 Å². The molecule has 0 spiro atoms. The van der Waals surface area contributed by atoms with Gasteiger partial charge in [-0.25, -0.2) is 5.43 Å². The first-order chi connectivity index (χ1) is 13.4. The maximum Gasteiger partial charge on any atom is 0.271 e. The number of carbonyl (C=O) groups excluding carboxylic acids is 2. The van der Waals surface area contributed by atoms with E-state index in [2.05, 4.69) is 15.8 Å². The number of hydrogen-bond acceptors (Lipinski definition) is 5. The van der Waals surface area contributed by atoms with Crippen LogP contribution in [0.1, 0.15) is 42.2 Å². The summed E-state index contributed by atoms with van der Waals surface area (Å²) in [4.78, 5) is 24.5. The van der Waals surface area contributed by atoms with Gasteiger partial charge in [0, 0.05) is 17.3 Å². The zero-order valence-corrected chi connectivity index (χ0v) is 16.5. The molecule has 0 saturated heterocycles. The predicted molar refractivity (Wildman–Crippen MR) is 108 cm³/mol. The molecular formula is C21H25N3O4. The van der Waals surface area contributed by atoms with Crippen molar-refractivity contribution in [3.8, 4) is 11.5 Å². The van der Waals surface area contributed by atoms with Crippen LogP contribution in [-0.4, -0.2) is 31.7 Å². The Labute approximate surface area is 164 Å². The Morgan fingerprint density at radius 3 is 2.21 bits per heavy atom. The van der Waals surface area contributed by atoms with Crippen LogP contribution < -0.4 is 20.2 Å². The highest BCUT2D eigenvalue weighted by molar-refractivity contribution is 6.01. The number of carbonyl (C=O) groups is 2. The average molecular weight is 383 g/mol. The predicted octanol–water partition coefficient (Wildman–Crippen LogP) is 3.08. The van der Waals surface area contributed by atoms with Crippen molar-refractivity contribution in [3.05, 3.63) is 59.7 Å². The molecule has 1 atom stereocenters. The van der Waals surface area contributed by atoms with Crippen LogP contribution in [-0.2, 0) is 4.79 Å². The van der Waals surface area contributed by atoms with Crippen molar-refractivity contribution in [3.63, 3.8) is 0 Å². The van der Waals surface area contributed by atoms with Gasteiger partial charge in [-0.3, -0.25) is 9.59 Å². The van der Waals surface area contributed by atoms with Crippen LogP contribution >= 0.6 is 0 Å². The Morgan fingerprint density at radius 2 is 1.64 bits per heavy atom. The first kappa shape index (κ1) is 21.0. The van der Waals surface area contributed by atoms with Crippen molar-refractivity contribution in [1.29, 1.82) is 0 Å². The van der Waals surface area contributed by atoms with Gasteiger partial charge in [0.15, 0.2) is 0 Å². The molecule has 0 aliphatic heterocycles. The van der Waals surface area contributed by atoms with E-state index in [1.807, 2.05) is 37.3 Å². The summed E-state index contributed by atoms with van der Waals surface area (Å²) >= 11 is 0. The van der Waals surface area contributed by atoms with E-state index in [1.165, 1.54) is 14.2 Å². The number of hydrazone groups is 1. The van der Waals surface area contributed by atoms with Gasteiger partial charge < -0.3 is 14.8 Å². The quantitative estimate of drug-likeness (QED) is 0.542. The molecule has 2 aromatic rings. The van der Waals surface area contributed by atoms with Crippen molar-refractivity contribution < 1.29 is 19.1 Å². The van der Waals surface area contributed by atoms with Crippen LogP contribution in [0.25, 0.3) is 0 Å². The van der Waals surface area contributed by atoms with Crippen LogP contribution in [0.4, 0.5) is 0 Å². The van der Waals surface area contributed by atoms with Gasteiger partial charge in [0.2, 0.25) is 5.91 Å². The minimum Gasteiger partial charge on any atom is -0.497 e. The zero-order valence-electron chi connectivity index (χ0n) is 16.5. The summed E-state index contributed by atoms with van der Waals surface area (Å²) in [6, 6.07) is 14.4. The molecule has 2 rings (SSSR count). The van der Waals surface area contributed by atoms with Crippen LogP contribution in [0.5, 0.6) is 11.5 Å². The highest BCUT2D eigenvalue weighted by Crippen LogP contribution is 2.22. The van der Waals surface area contributed by atoms with Crippen molar-refractivity contribution >= 4 is 17.5 Å². The molecule has 1 unspecified atom stereocenters. The molecule has 0 fully saturated rings. The second-order valence-electron chi connectivity index (χ2n) is 6.27. The number of rotatable bonds is 8. The second kappa shape index (κ2) is 10.1. The summed E-state index contributed by atoms with van der Waals surface area (Å²) in [6.07, 6.45) is 0.0822. The fourth-order valence-electron chi connectivity index (χ4n) is 2.54. The number of nitrogens with one attached hydrogen (secondary N) is 2. The maximum absolute atomic E-state index is 12.3. The summed E-state index contributed by atoms with van der Waals surface area (Å²) in [6.45, 7) is 3.59. The standard InChI is InChI=1S/C21H25N3O4/c1-14(10-20(25)22-15(2)16-8-6-5-7-9-16)23-24-21(26)17-11-18(27-3)13-19(12-17)28-4/h5-9,11-13,15H,10H2,1-4H3,(H,22,25)(H,24,26)/b23-14+. The van der Waals surface area contributed by atoms with Gasteiger partial charge in [0.05, 0.1) is 26.7 Å². The van der Waals surface area contributed by atoms with Crippen molar-refractivity contribution in [1.82, 2.24) is 10.7 Å². The maximum atomic E-state index is 12.3. The number of methoxy groups -OCH3 is 2. The Hall–Kier alpha value is -3.35. The molecule has 2 aromatic carbocycles. The van der Waals surface area contributed by atoms with Gasteiger partial charge in [-0.15, -0.1) is 0 Å². The van der Waals surface area contributed by atoms with Crippen LogP contribution in [0.15, 0.2) is 53.6 Å². The second-order valence-corrected chi connectivity index (χ2v) is 6.27. The third kappa shape index (κ3) is 6.12. The Kier molecular flexibility index (Phi) is 7.56. The van der Waals surface area contributed by atoms with E-state index >= 15 is 0 Å². The number of ether oxygens (including phenoxy) is 2. The minimum absolute atomic E-state index is 0.0822. The van der Waals surface area contributed by atoms with Gasteiger partial charge >= 0.3 is 0 Å². The fourth-order valence-corrected chi connectivity index (χ4v) is 2.54. The number of nitrogens with zero attached hydrogens (tertiary/aromatic N) is 1. The molecule has 2 N–H and O–H groups in total. The Bertz CT molecular complexity index is 828. The molecule has 7 heteroatoms. The number of amides is 2. The van der Waals surface area contributed by atoms with Gasteiger partial charge in [0.25, 0.3) is 5.91 Å². The van der Waals surface area contributed by atoms with E-state index in [9.17, 15) is 9.59 Å². The Balaban J connectivity index is 1.93. The van der Waals surface area contributed by atoms with Crippen molar-refractivity contribution in [2.75, 3.05) is 14.2 Å². The van der Waals surface area contributed by atoms with Crippen LogP contribution in [0.3, 0.4) is 0 Å². The molecule has 0 aromatic heterocycles. The molecule has 0 heterocycles. The molecule has 7 nitrogen and oxygen atoms in total. The van der Waals surface area contributed by atoms with E-state index in [4.69, 9.17) is 9.47 Å². The molecule has 0 saturated carbocycles. The van der Waals surface area contributed by atoms with Gasteiger partial charge in [-0.2, -0.15) is 5.10 Å². The van der Waals surface area contributed by atoms with Gasteiger partial charge in [0.1, 0.15) is 11.5 Å². The summed E-state index contributed by atoms with van der Waals surface area (Å²) in [5, 5.41) is 6.92. The van der Waals surface area contributed by atoms with Gasteiger partial charge in [-0.05, 0) is 31.5 Å². The topological polar surface area (TPSA) is 89.0 Å². The molecule has 28 heavy (non-hydrogen) atoms. The zero-order chi connectivity index (χ0) is 20.5. The summed E-state index contributed by atoms with van der Waals surface area (Å²) in [5.41, 5.74) is 4.30. The molecule has 148 valence electrons. The smallest absolute Gasteiger partial charge is 0.271 e. The molecular weight excluding hydrogens is 358 g/mol. The third-order valence-corrected chi connectivity index (χ3v) is 4.06. The summed E-state index contributed by atoms with van der Waals surface area (Å²) in [5.74, 6) is 0.406. The number of benzene rings is 2. The van der Waals surface area contributed by atoms with E-state index in [0.29, 0.717) is 22.8 Å². The SMILES string of the molecule is COc1cc(OC)cc(C(=O)N/N=C(\C)CC(=O)NC(C)c2ccccc2)c1. The van der Waals surface area contributed by atoms with Crippen LogP contribution in [0.2, 0.25) is 0 Å². The monoisotopic (exact) mass is 383 g/mol. The summed E-state index contributed by atoms with van der Waals surface area (Å²) in [7, 11) is 3.02. The molecule has 0 bridgehead atoms. The molecule has 0 aliphatic carbocycles. The fraction of sp³-hybridized carbons (Fsp3) is 0.286. The molecule has 0 radical (unpaired) electrons. The highest BCUT2D eigenvalue weighted by atomic mass is 16.5. The van der Waals surface area contributed by atoms with Crippen molar-refractivity contribution in [2.24, 2.45) is 5.10 Å². The van der Waals surface area contributed by atoms with Crippen molar-refractivity contribution in [2.45, 2.75) is 26.3 Å². The highest BCUT2D eigenvalue weighted by Gasteiger charge is 2.12. The Morgan fingerprint density at radius 1 is 1.04 bits per heavy atom. The van der Waals surface area contributed by atoms with E-state index in [-0.39, 0.29) is 18.4 Å². The lowest BCUT2D eigenvalue weighted by Crippen LogP contribution is -2.28. The first-order valence-corrected chi connectivity index (χ1v) is 8.83. The number of hydrogen-bond donors (Lipinski definition) is 2. The molecule has 0 aliphatic rings. The van der Waals surface area contributed by atoms with E-state index in [1.54, 1.807) is 25.1 Å². The normalized spacial score (nSPS) is 12.1. The van der Waals surface area contributed by atoms with Gasteiger partial charge in [-0.1, -0.05) is 30.3 Å². The minimum atomic E-state index is -0.422. The first-order valence-electron chi connectivity index (χ1n) is 8.83. The lowest BCUT2D eigenvalue weighted by Gasteiger charge is -2.14. The average Bonchev–Trinajstić information content (AvgIpc) is 2.71. The summed E-state index contributed by atoms with van der Waals surface area (Å²) < 4.78 is 10.3. The largest absolute Gasteiger partial charge is 0.497 e. The lowest BCUT2D eigenvalue weighted by atomic mass is 10.1. The third-order valence-electron chi connectivity index (χ3n) is 4.06.